The molecule has 0 aliphatic heterocycles. The number of imide groups is 1. The fourth-order valence-electron chi connectivity index (χ4n) is 3.76. The first-order valence-corrected chi connectivity index (χ1v) is 12.1. The van der Waals surface area contributed by atoms with E-state index in [1.165, 1.54) is 0 Å². The number of halogens is 1. The number of carbonyl (C=O) groups excluding carboxylic acids is 2. The fraction of sp³-hybridized carbons (Fsp3) is 0.636. The largest absolute Gasteiger partial charge is 0.481 e. The lowest BCUT2D eigenvalue weighted by Crippen LogP contribution is -2.44. The Morgan fingerprint density at radius 2 is 1.53 bits per heavy atom. The van der Waals surface area contributed by atoms with Crippen LogP contribution in [0.4, 0.5) is 15.4 Å². The molecule has 0 unspecified atom stereocenters. The van der Waals surface area contributed by atoms with E-state index >= 15 is 0 Å². The van der Waals surface area contributed by atoms with Crippen LogP contribution in [-0.4, -0.2) is 54.0 Å². The van der Waals surface area contributed by atoms with Crippen LogP contribution in [0.25, 0.3) is 11.2 Å². The standard InChI is InChI=1S/C22H30IN5O6/c1-21(2,3)33-19(31)28(20(32)34-22(4,5)6)16-14-15(25-18(23)26-16)27(11-24-14)13-9-7-12(8-10-13)17(29)30/h11-13H,7-10H2,1-6H3,(H,29,30). The molecule has 0 atom stereocenters. The summed E-state index contributed by atoms with van der Waals surface area (Å²) in [5.74, 6) is -1.17. The Morgan fingerprint density at radius 3 is 2.00 bits per heavy atom. The Morgan fingerprint density at radius 1 is 1.00 bits per heavy atom. The van der Waals surface area contributed by atoms with E-state index in [0.29, 0.717) is 35.2 Å². The van der Waals surface area contributed by atoms with Gasteiger partial charge in [-0.25, -0.2) is 24.5 Å². The molecule has 2 heterocycles. The maximum absolute atomic E-state index is 13.1. The van der Waals surface area contributed by atoms with Gasteiger partial charge in [0.2, 0.25) is 0 Å². The molecule has 2 aromatic rings. The molecule has 0 spiro atoms. The van der Waals surface area contributed by atoms with Gasteiger partial charge in [0.25, 0.3) is 0 Å². The van der Waals surface area contributed by atoms with Crippen LogP contribution >= 0.6 is 22.6 Å². The number of anilines is 1. The lowest BCUT2D eigenvalue weighted by atomic mass is 9.86. The summed E-state index contributed by atoms with van der Waals surface area (Å²) < 4.78 is 13.1. The van der Waals surface area contributed by atoms with Crippen molar-refractivity contribution in [2.75, 3.05) is 4.90 Å². The van der Waals surface area contributed by atoms with Gasteiger partial charge in [0.05, 0.1) is 12.2 Å². The van der Waals surface area contributed by atoms with Crippen LogP contribution in [0.3, 0.4) is 0 Å². The van der Waals surface area contributed by atoms with Crippen LogP contribution in [0.2, 0.25) is 0 Å². The van der Waals surface area contributed by atoms with Gasteiger partial charge in [-0.3, -0.25) is 4.79 Å². The number of imidazole rings is 1. The average Bonchev–Trinajstić information content (AvgIpc) is 3.09. The van der Waals surface area contributed by atoms with Crippen LogP contribution in [0.1, 0.15) is 73.3 Å². The number of carboxylic acids is 1. The zero-order valence-electron chi connectivity index (χ0n) is 20.2. The topological polar surface area (TPSA) is 137 Å². The van der Waals surface area contributed by atoms with Gasteiger partial charge in [0.1, 0.15) is 11.2 Å². The minimum absolute atomic E-state index is 0.00402. The van der Waals surface area contributed by atoms with Crippen molar-refractivity contribution in [1.82, 2.24) is 19.5 Å². The molecule has 186 valence electrons. The van der Waals surface area contributed by atoms with E-state index in [4.69, 9.17) is 9.47 Å². The van der Waals surface area contributed by atoms with Gasteiger partial charge in [0.15, 0.2) is 20.8 Å². The average molecular weight is 587 g/mol. The zero-order valence-corrected chi connectivity index (χ0v) is 22.3. The molecule has 12 heteroatoms. The number of aromatic nitrogens is 4. The maximum atomic E-state index is 13.1. The Balaban J connectivity index is 2.05. The molecule has 0 bridgehead atoms. The quantitative estimate of drug-likeness (QED) is 0.392. The highest BCUT2D eigenvalue weighted by Crippen LogP contribution is 2.35. The first-order chi connectivity index (χ1) is 15.7. The summed E-state index contributed by atoms with van der Waals surface area (Å²) in [5.41, 5.74) is -1.03. The number of carboxylic acid groups (broad SMARTS) is 1. The lowest BCUT2D eigenvalue weighted by Gasteiger charge is -2.28. The number of amides is 2. The maximum Gasteiger partial charge on any atom is 0.425 e. The van der Waals surface area contributed by atoms with Gasteiger partial charge < -0.3 is 19.1 Å². The molecule has 0 saturated heterocycles. The molecular weight excluding hydrogens is 557 g/mol. The van der Waals surface area contributed by atoms with E-state index in [1.54, 1.807) is 47.9 Å². The Bertz CT molecular complexity index is 1070. The van der Waals surface area contributed by atoms with Crippen molar-refractivity contribution in [2.45, 2.75) is 84.5 Å². The highest BCUT2D eigenvalue weighted by molar-refractivity contribution is 14.1. The molecule has 2 aromatic heterocycles. The van der Waals surface area contributed by atoms with Crippen molar-refractivity contribution < 1.29 is 29.0 Å². The highest BCUT2D eigenvalue weighted by atomic mass is 127. The molecule has 1 aliphatic rings. The predicted octanol–water partition coefficient (Wildman–Crippen LogP) is 4.92. The summed E-state index contributed by atoms with van der Waals surface area (Å²) in [4.78, 5) is 51.5. The molecule has 0 aromatic carbocycles. The third kappa shape index (κ3) is 6.13. The van der Waals surface area contributed by atoms with Gasteiger partial charge in [-0.2, -0.15) is 4.90 Å². The number of ether oxygens (including phenoxy) is 2. The van der Waals surface area contributed by atoms with Gasteiger partial charge >= 0.3 is 18.2 Å². The first-order valence-electron chi connectivity index (χ1n) is 11.1. The summed E-state index contributed by atoms with van der Waals surface area (Å²) >= 11 is 1.92. The molecule has 1 N–H and O–H groups in total. The second-order valence-electron chi connectivity index (χ2n) is 10.3. The van der Waals surface area contributed by atoms with E-state index in [9.17, 15) is 19.5 Å². The van der Waals surface area contributed by atoms with Crippen molar-refractivity contribution in [3.8, 4) is 0 Å². The van der Waals surface area contributed by atoms with Crippen molar-refractivity contribution in [3.05, 3.63) is 10.2 Å². The monoisotopic (exact) mass is 587 g/mol. The number of rotatable bonds is 3. The van der Waals surface area contributed by atoms with Crippen molar-refractivity contribution in [1.29, 1.82) is 0 Å². The Labute approximate surface area is 211 Å². The molecule has 34 heavy (non-hydrogen) atoms. The summed E-state index contributed by atoms with van der Waals surface area (Å²) in [6, 6.07) is -0.00402. The molecule has 11 nitrogen and oxygen atoms in total. The number of aliphatic carboxylic acids is 1. The highest BCUT2D eigenvalue weighted by Gasteiger charge is 2.36. The van der Waals surface area contributed by atoms with Gasteiger partial charge in [-0.05, 0) is 67.2 Å². The molecule has 1 saturated carbocycles. The zero-order chi connectivity index (χ0) is 25.4. The predicted molar refractivity (Wildman–Crippen MR) is 132 cm³/mol. The summed E-state index contributed by atoms with van der Waals surface area (Å²) in [6.07, 6.45) is 2.13. The SMILES string of the molecule is CC(C)(C)OC(=O)N(C(=O)OC(C)(C)C)c1nc(I)nc2c1ncn2C1CCC(C(=O)O)CC1. The van der Waals surface area contributed by atoms with E-state index < -0.39 is 29.4 Å². The number of hydrogen-bond acceptors (Lipinski definition) is 8. The van der Waals surface area contributed by atoms with Crippen molar-refractivity contribution in [2.24, 2.45) is 5.92 Å². The Kier molecular flexibility index (Phi) is 7.39. The molecule has 3 rings (SSSR count). The van der Waals surface area contributed by atoms with Crippen molar-refractivity contribution in [3.63, 3.8) is 0 Å². The molecule has 0 radical (unpaired) electrons. The number of fused-ring (bicyclic) bond motifs is 1. The fourth-order valence-corrected chi connectivity index (χ4v) is 4.22. The van der Waals surface area contributed by atoms with Gasteiger partial charge in [-0.15, -0.1) is 0 Å². The summed E-state index contributed by atoms with van der Waals surface area (Å²) in [7, 11) is 0. The van der Waals surface area contributed by atoms with Gasteiger partial charge in [0, 0.05) is 28.6 Å². The van der Waals surface area contributed by atoms with Crippen LogP contribution in [0.5, 0.6) is 0 Å². The van der Waals surface area contributed by atoms with Crippen LogP contribution in [0, 0.1) is 9.75 Å². The van der Waals surface area contributed by atoms with Crippen LogP contribution < -0.4 is 4.90 Å². The number of hydrogen-bond donors (Lipinski definition) is 1. The van der Waals surface area contributed by atoms with Gasteiger partial charge in [-0.1, -0.05) is 0 Å². The first kappa shape index (κ1) is 26.1. The molecule has 2 amide bonds. The second kappa shape index (κ2) is 9.62. The minimum Gasteiger partial charge on any atom is -0.481 e. The molecule has 1 fully saturated rings. The number of nitrogens with zero attached hydrogens (tertiary/aromatic N) is 5. The Hall–Kier alpha value is -2.51. The van der Waals surface area contributed by atoms with Crippen molar-refractivity contribution >= 4 is 57.7 Å². The summed E-state index contributed by atoms with van der Waals surface area (Å²) in [6.45, 7) is 10.2. The van der Waals surface area contributed by atoms with Crippen LogP contribution in [0.15, 0.2) is 6.33 Å². The van der Waals surface area contributed by atoms with Crippen LogP contribution in [-0.2, 0) is 14.3 Å². The second-order valence-corrected chi connectivity index (χ2v) is 11.2. The van der Waals surface area contributed by atoms with E-state index in [1.807, 2.05) is 27.2 Å². The van der Waals surface area contributed by atoms with E-state index in [2.05, 4.69) is 15.0 Å². The summed E-state index contributed by atoms with van der Waals surface area (Å²) in [5, 5.41) is 9.29. The normalized spacial score (nSPS) is 19.0. The third-order valence-corrected chi connectivity index (χ3v) is 5.66. The minimum atomic E-state index is -0.936. The smallest absolute Gasteiger partial charge is 0.425 e. The van der Waals surface area contributed by atoms with E-state index in [0.717, 1.165) is 4.90 Å². The number of carbonyl (C=O) groups is 3. The lowest BCUT2D eigenvalue weighted by molar-refractivity contribution is -0.143. The molecule has 1 aliphatic carbocycles. The van der Waals surface area contributed by atoms with E-state index in [-0.39, 0.29) is 23.3 Å². The molecular formula is C22H30IN5O6. The third-order valence-electron chi connectivity index (χ3n) is 5.18.